The highest BCUT2D eigenvalue weighted by molar-refractivity contribution is 7.92. The largest absolute Gasteiger partial charge is 0.462 e. The first-order chi connectivity index (χ1) is 14.8. The van der Waals surface area contributed by atoms with Crippen LogP contribution in [0, 0.1) is 6.92 Å². The number of methoxy groups -OCH3 is 1. The molecule has 31 heavy (non-hydrogen) atoms. The van der Waals surface area contributed by atoms with E-state index in [4.69, 9.17) is 9.47 Å². The predicted molar refractivity (Wildman–Crippen MR) is 118 cm³/mol. The third-order valence-corrected chi connectivity index (χ3v) is 5.84. The topological polar surface area (TPSA) is 111 Å². The van der Waals surface area contributed by atoms with Gasteiger partial charge in [-0.3, -0.25) is 9.52 Å². The molecule has 0 unspecified atom stereocenters. The monoisotopic (exact) mass is 448 g/mol. The van der Waals surface area contributed by atoms with Crippen LogP contribution in [0.4, 0.5) is 5.69 Å². The fourth-order valence-electron chi connectivity index (χ4n) is 2.66. The average molecular weight is 449 g/mol. The lowest BCUT2D eigenvalue weighted by atomic mass is 10.1. The molecule has 0 fully saturated rings. The van der Waals surface area contributed by atoms with E-state index in [0.717, 1.165) is 12.8 Å². The number of unbranched alkanes of at least 4 members (excludes halogenated alkanes) is 1. The van der Waals surface area contributed by atoms with Gasteiger partial charge >= 0.3 is 5.97 Å². The van der Waals surface area contributed by atoms with Gasteiger partial charge in [-0.1, -0.05) is 19.4 Å². The molecule has 8 nitrogen and oxygen atoms in total. The number of nitrogens with one attached hydrogen (secondary N) is 2. The third kappa shape index (κ3) is 7.08. The van der Waals surface area contributed by atoms with E-state index in [0.29, 0.717) is 30.9 Å². The molecular weight excluding hydrogens is 420 g/mol. The highest BCUT2D eigenvalue weighted by atomic mass is 32.2. The zero-order valence-electron chi connectivity index (χ0n) is 17.9. The number of benzene rings is 2. The summed E-state index contributed by atoms with van der Waals surface area (Å²) in [5.74, 6) is -0.831. The Bertz CT molecular complexity index is 1000. The van der Waals surface area contributed by atoms with Crippen LogP contribution in [0.3, 0.4) is 0 Å². The van der Waals surface area contributed by atoms with Crippen molar-refractivity contribution in [2.75, 3.05) is 31.6 Å². The minimum absolute atomic E-state index is 0.0435. The second-order valence-electron chi connectivity index (χ2n) is 6.90. The molecule has 1 amide bonds. The number of carbonyl (C=O) groups is 2. The van der Waals surface area contributed by atoms with Gasteiger partial charge in [0.2, 0.25) is 0 Å². The molecule has 2 aromatic rings. The standard InChI is InChI=1S/C22H28N2O6S/c1-4-5-13-30-22(26)17-7-9-18(10-8-17)24-31(27,28)19-11-6-16(2)20(15-19)21(25)23-12-14-29-3/h6-11,15,24H,4-5,12-14H2,1-3H3,(H,23,25). The molecule has 0 radical (unpaired) electrons. The Kier molecular flexibility index (Phi) is 9.02. The Labute approximate surface area is 183 Å². The van der Waals surface area contributed by atoms with E-state index in [1.807, 2.05) is 6.92 Å². The van der Waals surface area contributed by atoms with Crippen molar-refractivity contribution in [3.63, 3.8) is 0 Å². The summed E-state index contributed by atoms with van der Waals surface area (Å²) in [5, 5.41) is 2.68. The van der Waals surface area contributed by atoms with Gasteiger partial charge in [-0.25, -0.2) is 13.2 Å². The van der Waals surface area contributed by atoms with E-state index < -0.39 is 16.0 Å². The molecule has 9 heteroatoms. The molecule has 2 N–H and O–H groups in total. The van der Waals surface area contributed by atoms with Gasteiger partial charge in [0.1, 0.15) is 0 Å². The van der Waals surface area contributed by atoms with Crippen molar-refractivity contribution in [2.24, 2.45) is 0 Å². The van der Waals surface area contributed by atoms with E-state index in [1.54, 1.807) is 13.0 Å². The van der Waals surface area contributed by atoms with Crippen LogP contribution in [-0.2, 0) is 19.5 Å². The zero-order valence-corrected chi connectivity index (χ0v) is 18.8. The highest BCUT2D eigenvalue weighted by Gasteiger charge is 2.18. The fourth-order valence-corrected chi connectivity index (χ4v) is 3.74. The second-order valence-corrected chi connectivity index (χ2v) is 8.58. The molecule has 0 saturated heterocycles. The molecular formula is C22H28N2O6S. The molecule has 0 aliphatic rings. The van der Waals surface area contributed by atoms with E-state index in [9.17, 15) is 18.0 Å². The minimum atomic E-state index is -3.93. The quantitative estimate of drug-likeness (QED) is 0.404. The Balaban J connectivity index is 2.12. The number of hydrogen-bond acceptors (Lipinski definition) is 6. The van der Waals surface area contributed by atoms with Crippen molar-refractivity contribution in [1.29, 1.82) is 0 Å². The Morgan fingerprint density at radius 3 is 2.39 bits per heavy atom. The van der Waals surface area contributed by atoms with Crippen LogP contribution in [0.15, 0.2) is 47.4 Å². The van der Waals surface area contributed by atoms with Crippen molar-refractivity contribution >= 4 is 27.6 Å². The number of ether oxygens (including phenoxy) is 2. The Hall–Kier alpha value is -2.91. The summed E-state index contributed by atoms with van der Waals surface area (Å²) < 4.78 is 38.1. The first-order valence-electron chi connectivity index (χ1n) is 9.96. The summed E-state index contributed by atoms with van der Waals surface area (Å²) in [6.45, 7) is 4.75. The van der Waals surface area contributed by atoms with Crippen LogP contribution in [0.1, 0.15) is 46.0 Å². The molecule has 0 heterocycles. The number of hydrogen-bond donors (Lipinski definition) is 2. The number of anilines is 1. The zero-order chi connectivity index (χ0) is 22.9. The molecule has 0 bridgehead atoms. The van der Waals surface area contributed by atoms with Gasteiger partial charge in [0.15, 0.2) is 0 Å². The van der Waals surface area contributed by atoms with Crippen molar-refractivity contribution in [3.8, 4) is 0 Å². The normalized spacial score (nSPS) is 11.1. The maximum atomic E-state index is 12.8. The van der Waals surface area contributed by atoms with Crippen LogP contribution >= 0.6 is 0 Å². The molecule has 0 aliphatic heterocycles. The average Bonchev–Trinajstić information content (AvgIpc) is 2.74. The summed E-state index contributed by atoms with van der Waals surface area (Å²) in [5.41, 5.74) is 1.55. The van der Waals surface area contributed by atoms with Crippen molar-refractivity contribution < 1.29 is 27.5 Å². The first-order valence-corrected chi connectivity index (χ1v) is 11.4. The molecule has 168 valence electrons. The Morgan fingerprint density at radius 2 is 1.74 bits per heavy atom. The van der Waals surface area contributed by atoms with Gasteiger partial charge in [0, 0.05) is 24.9 Å². The molecule has 0 saturated carbocycles. The van der Waals surface area contributed by atoms with Crippen LogP contribution in [0.2, 0.25) is 0 Å². The number of carbonyl (C=O) groups excluding carboxylic acids is 2. The summed E-state index contributed by atoms with van der Waals surface area (Å²) in [6, 6.07) is 10.3. The van der Waals surface area contributed by atoms with Crippen LogP contribution in [0.25, 0.3) is 0 Å². The molecule has 0 aromatic heterocycles. The molecule has 2 aromatic carbocycles. The van der Waals surface area contributed by atoms with Gasteiger partial charge in [0.05, 0.1) is 23.7 Å². The van der Waals surface area contributed by atoms with E-state index in [2.05, 4.69) is 10.0 Å². The first kappa shape index (κ1) is 24.4. The van der Waals surface area contributed by atoms with Crippen LogP contribution in [0.5, 0.6) is 0 Å². The maximum absolute atomic E-state index is 12.8. The van der Waals surface area contributed by atoms with Crippen LogP contribution < -0.4 is 10.0 Å². The molecule has 2 rings (SSSR count). The molecule has 0 spiro atoms. The lowest BCUT2D eigenvalue weighted by molar-refractivity contribution is 0.0499. The van der Waals surface area contributed by atoms with E-state index in [1.165, 1.54) is 43.5 Å². The van der Waals surface area contributed by atoms with E-state index in [-0.39, 0.29) is 22.1 Å². The minimum Gasteiger partial charge on any atom is -0.462 e. The van der Waals surface area contributed by atoms with Crippen molar-refractivity contribution in [1.82, 2.24) is 5.32 Å². The highest BCUT2D eigenvalue weighted by Crippen LogP contribution is 2.20. The second kappa shape index (κ2) is 11.5. The van der Waals surface area contributed by atoms with Gasteiger partial charge in [-0.2, -0.15) is 0 Å². The number of esters is 1. The smallest absolute Gasteiger partial charge is 0.338 e. The summed E-state index contributed by atoms with van der Waals surface area (Å²) in [4.78, 5) is 24.3. The van der Waals surface area contributed by atoms with Crippen molar-refractivity contribution in [2.45, 2.75) is 31.6 Å². The number of aryl methyl sites for hydroxylation is 1. The fraction of sp³-hybridized carbons (Fsp3) is 0.364. The predicted octanol–water partition coefficient (Wildman–Crippen LogP) is 3.13. The third-order valence-electron chi connectivity index (χ3n) is 4.46. The summed E-state index contributed by atoms with van der Waals surface area (Å²) >= 11 is 0. The van der Waals surface area contributed by atoms with E-state index >= 15 is 0 Å². The lowest BCUT2D eigenvalue weighted by Crippen LogP contribution is -2.28. The number of sulfonamides is 1. The van der Waals surface area contributed by atoms with Gasteiger partial charge in [0.25, 0.3) is 15.9 Å². The van der Waals surface area contributed by atoms with Crippen LogP contribution in [-0.4, -0.2) is 47.2 Å². The number of amides is 1. The summed E-state index contributed by atoms with van der Waals surface area (Å²) in [6.07, 6.45) is 1.70. The van der Waals surface area contributed by atoms with Crippen molar-refractivity contribution in [3.05, 3.63) is 59.2 Å². The number of rotatable bonds is 11. The lowest BCUT2D eigenvalue weighted by Gasteiger charge is -2.12. The molecule has 0 atom stereocenters. The Morgan fingerprint density at radius 1 is 1.03 bits per heavy atom. The van der Waals surface area contributed by atoms with Gasteiger partial charge in [-0.05, 0) is 55.3 Å². The molecule has 0 aliphatic carbocycles. The van der Waals surface area contributed by atoms with Gasteiger partial charge in [-0.15, -0.1) is 0 Å². The van der Waals surface area contributed by atoms with Gasteiger partial charge < -0.3 is 14.8 Å². The maximum Gasteiger partial charge on any atom is 0.338 e. The SMILES string of the molecule is CCCCOC(=O)c1ccc(NS(=O)(=O)c2ccc(C)c(C(=O)NCCOC)c2)cc1. The summed E-state index contributed by atoms with van der Waals surface area (Å²) in [7, 11) is -2.41.